The van der Waals surface area contributed by atoms with E-state index in [9.17, 15) is 19.5 Å². The van der Waals surface area contributed by atoms with E-state index in [0.29, 0.717) is 10.9 Å². The monoisotopic (exact) mass is 379 g/mol. The lowest BCUT2D eigenvalue weighted by Crippen LogP contribution is -2.33. The van der Waals surface area contributed by atoms with E-state index >= 15 is 0 Å². The van der Waals surface area contributed by atoms with E-state index in [1.807, 2.05) is 0 Å². The molecule has 9 heteroatoms. The lowest BCUT2D eigenvalue weighted by Gasteiger charge is -2.23. The summed E-state index contributed by atoms with van der Waals surface area (Å²) < 4.78 is 5.46. The van der Waals surface area contributed by atoms with Crippen LogP contribution in [-0.4, -0.2) is 28.4 Å². The fraction of sp³-hybridized carbons (Fsp3) is 0.412. The van der Waals surface area contributed by atoms with Gasteiger partial charge in [-0.3, -0.25) is 14.4 Å². The van der Waals surface area contributed by atoms with Crippen molar-refractivity contribution in [2.75, 3.05) is 11.9 Å². The van der Waals surface area contributed by atoms with Crippen molar-refractivity contribution in [3.05, 3.63) is 39.4 Å². The fourth-order valence-electron chi connectivity index (χ4n) is 2.39. The van der Waals surface area contributed by atoms with Gasteiger partial charge in [0, 0.05) is 42.4 Å². The minimum atomic E-state index is -0.886. The highest BCUT2D eigenvalue weighted by molar-refractivity contribution is 7.13. The van der Waals surface area contributed by atoms with Crippen LogP contribution >= 0.6 is 11.3 Å². The molecule has 2 amide bonds. The van der Waals surface area contributed by atoms with Crippen molar-refractivity contribution in [3.63, 3.8) is 0 Å². The summed E-state index contributed by atoms with van der Waals surface area (Å²) in [6.45, 7) is 5.15. The molecular formula is C17H21N3O5S. The largest absolute Gasteiger partial charge is 0.502 e. The minimum absolute atomic E-state index is 0.0128. The molecular weight excluding hydrogens is 358 g/mol. The maximum absolute atomic E-state index is 12.2. The van der Waals surface area contributed by atoms with Gasteiger partial charge >= 0.3 is 0 Å². The van der Waals surface area contributed by atoms with E-state index in [0.717, 1.165) is 0 Å². The van der Waals surface area contributed by atoms with Gasteiger partial charge in [-0.1, -0.05) is 13.8 Å². The van der Waals surface area contributed by atoms with Crippen LogP contribution in [0, 0.1) is 6.92 Å². The van der Waals surface area contributed by atoms with Crippen molar-refractivity contribution in [2.24, 2.45) is 0 Å². The zero-order valence-corrected chi connectivity index (χ0v) is 15.6. The summed E-state index contributed by atoms with van der Waals surface area (Å²) in [5, 5.41) is 17.5. The van der Waals surface area contributed by atoms with E-state index < -0.39 is 16.6 Å². The van der Waals surface area contributed by atoms with Crippen LogP contribution in [0.3, 0.4) is 0 Å². The lowest BCUT2D eigenvalue weighted by atomic mass is 9.85. The SMILES string of the molecule is Cc1cc(=O)c(O)c(C(C)(C)CC(=O)NCCC(=O)Nc2nccs2)o1. The average Bonchev–Trinajstić information content (AvgIpc) is 3.03. The molecule has 2 heterocycles. The first kappa shape index (κ1) is 19.6. The molecule has 0 bridgehead atoms. The van der Waals surface area contributed by atoms with E-state index in [-0.39, 0.29) is 37.0 Å². The van der Waals surface area contributed by atoms with Gasteiger partial charge in [0.2, 0.25) is 23.0 Å². The van der Waals surface area contributed by atoms with Crippen LogP contribution in [-0.2, 0) is 15.0 Å². The van der Waals surface area contributed by atoms with Gasteiger partial charge in [0.1, 0.15) is 5.76 Å². The number of aromatic nitrogens is 1. The Balaban J connectivity index is 1.88. The number of carbonyl (C=O) groups is 2. The number of aryl methyl sites for hydroxylation is 1. The second-order valence-electron chi connectivity index (χ2n) is 6.45. The first-order valence-corrected chi connectivity index (χ1v) is 8.87. The molecule has 0 aliphatic carbocycles. The number of aromatic hydroxyl groups is 1. The Morgan fingerprint density at radius 3 is 2.73 bits per heavy atom. The van der Waals surface area contributed by atoms with Gasteiger partial charge in [0.25, 0.3) is 0 Å². The minimum Gasteiger partial charge on any atom is -0.502 e. The third-order valence-electron chi connectivity index (χ3n) is 3.62. The molecule has 2 aromatic rings. The first-order chi connectivity index (χ1) is 12.2. The van der Waals surface area contributed by atoms with Gasteiger partial charge < -0.3 is 20.2 Å². The second kappa shape index (κ2) is 8.13. The maximum atomic E-state index is 12.2. The molecule has 2 rings (SSSR count). The summed E-state index contributed by atoms with van der Waals surface area (Å²) in [7, 11) is 0. The van der Waals surface area contributed by atoms with Crippen molar-refractivity contribution in [3.8, 4) is 5.75 Å². The Morgan fingerprint density at radius 2 is 2.08 bits per heavy atom. The van der Waals surface area contributed by atoms with Crippen LogP contribution < -0.4 is 16.1 Å². The number of carbonyl (C=O) groups excluding carboxylic acids is 2. The van der Waals surface area contributed by atoms with Crippen molar-refractivity contribution in [1.82, 2.24) is 10.3 Å². The quantitative estimate of drug-likeness (QED) is 0.676. The van der Waals surface area contributed by atoms with Crippen LogP contribution in [0.4, 0.5) is 5.13 Å². The van der Waals surface area contributed by atoms with E-state index in [4.69, 9.17) is 4.42 Å². The first-order valence-electron chi connectivity index (χ1n) is 7.99. The Morgan fingerprint density at radius 1 is 1.35 bits per heavy atom. The molecule has 140 valence electrons. The van der Waals surface area contributed by atoms with Crippen LogP contribution in [0.2, 0.25) is 0 Å². The predicted molar refractivity (Wildman–Crippen MR) is 97.4 cm³/mol. The molecule has 0 saturated carbocycles. The van der Waals surface area contributed by atoms with Crippen LogP contribution in [0.1, 0.15) is 38.2 Å². The molecule has 0 fully saturated rings. The number of hydrogen-bond acceptors (Lipinski definition) is 7. The highest BCUT2D eigenvalue weighted by atomic mass is 32.1. The van der Waals surface area contributed by atoms with Gasteiger partial charge in [-0.25, -0.2) is 4.98 Å². The van der Waals surface area contributed by atoms with Crippen molar-refractivity contribution in [1.29, 1.82) is 0 Å². The smallest absolute Gasteiger partial charge is 0.227 e. The molecule has 0 aromatic carbocycles. The van der Waals surface area contributed by atoms with E-state index in [2.05, 4.69) is 15.6 Å². The van der Waals surface area contributed by atoms with Crippen molar-refractivity contribution in [2.45, 2.75) is 39.0 Å². The Bertz CT molecular complexity index is 843. The normalized spacial score (nSPS) is 11.2. The molecule has 0 atom stereocenters. The number of nitrogens with one attached hydrogen (secondary N) is 2. The molecule has 2 aromatic heterocycles. The van der Waals surface area contributed by atoms with Gasteiger partial charge in [-0.2, -0.15) is 0 Å². The predicted octanol–water partition coefficient (Wildman–Crippen LogP) is 1.92. The number of hydrogen-bond donors (Lipinski definition) is 3. The summed E-state index contributed by atoms with van der Waals surface area (Å²) in [4.78, 5) is 39.6. The molecule has 3 N–H and O–H groups in total. The van der Waals surface area contributed by atoms with Gasteiger partial charge in [-0.15, -0.1) is 11.3 Å². The van der Waals surface area contributed by atoms with E-state index in [1.165, 1.54) is 17.4 Å². The molecule has 0 radical (unpaired) electrons. The summed E-state index contributed by atoms with van der Waals surface area (Å²) in [6, 6.07) is 1.19. The summed E-state index contributed by atoms with van der Waals surface area (Å²) >= 11 is 1.31. The molecule has 0 aliphatic rings. The summed E-state index contributed by atoms with van der Waals surface area (Å²) in [5.74, 6) is -0.632. The van der Waals surface area contributed by atoms with Gasteiger partial charge in [0.05, 0.1) is 0 Å². The van der Waals surface area contributed by atoms with Crippen LogP contribution in [0.15, 0.2) is 26.9 Å². The molecule has 8 nitrogen and oxygen atoms in total. The Labute approximate surface area is 154 Å². The maximum Gasteiger partial charge on any atom is 0.227 e. The molecule has 0 unspecified atom stereocenters. The number of amides is 2. The van der Waals surface area contributed by atoms with E-state index in [1.54, 1.807) is 32.3 Å². The standard InChI is InChI=1S/C17H21N3O5S/c1-10-8-11(21)14(24)15(25-10)17(2,3)9-13(23)18-5-4-12(22)20-16-19-6-7-26-16/h6-8,24H,4-5,9H2,1-3H3,(H,18,23)(H,19,20,22). The van der Waals surface area contributed by atoms with Gasteiger partial charge in [-0.05, 0) is 6.92 Å². The highest BCUT2D eigenvalue weighted by Gasteiger charge is 2.31. The summed E-state index contributed by atoms with van der Waals surface area (Å²) in [6.07, 6.45) is 1.68. The Kier molecular flexibility index (Phi) is 6.14. The molecule has 26 heavy (non-hydrogen) atoms. The molecule has 0 aliphatic heterocycles. The highest BCUT2D eigenvalue weighted by Crippen LogP contribution is 2.32. The third kappa shape index (κ3) is 5.16. The van der Waals surface area contributed by atoms with Crippen molar-refractivity contribution < 1.29 is 19.1 Å². The zero-order chi connectivity index (χ0) is 19.3. The molecule has 0 saturated heterocycles. The number of nitrogens with zero attached hydrogens (tertiary/aromatic N) is 1. The summed E-state index contributed by atoms with van der Waals surface area (Å²) in [5.41, 5.74) is -1.43. The second-order valence-corrected chi connectivity index (χ2v) is 7.34. The topological polar surface area (TPSA) is 122 Å². The van der Waals surface area contributed by atoms with Crippen LogP contribution in [0.25, 0.3) is 0 Å². The van der Waals surface area contributed by atoms with Crippen molar-refractivity contribution >= 4 is 28.3 Å². The zero-order valence-electron chi connectivity index (χ0n) is 14.8. The number of thiazole rings is 1. The molecule has 0 spiro atoms. The fourth-order valence-corrected chi connectivity index (χ4v) is 2.93. The Hall–Kier alpha value is -2.68. The number of anilines is 1. The average molecular weight is 379 g/mol. The lowest BCUT2D eigenvalue weighted by molar-refractivity contribution is -0.122. The van der Waals surface area contributed by atoms with Gasteiger partial charge in [0.15, 0.2) is 10.9 Å². The third-order valence-corrected chi connectivity index (χ3v) is 4.30. The number of rotatable bonds is 7. The van der Waals surface area contributed by atoms with Crippen LogP contribution in [0.5, 0.6) is 5.75 Å².